The molecular weight excluding hydrogens is 332 g/mol. The molecule has 0 unspecified atom stereocenters. The monoisotopic (exact) mass is 358 g/mol. The van der Waals surface area contributed by atoms with Gasteiger partial charge in [-0.05, 0) is 24.3 Å². The fourth-order valence-corrected chi connectivity index (χ4v) is 3.67. The summed E-state index contributed by atoms with van der Waals surface area (Å²) < 4.78 is 37.1. The number of morpholine rings is 1. The summed E-state index contributed by atoms with van der Waals surface area (Å²) >= 11 is 0. The van der Waals surface area contributed by atoms with E-state index in [2.05, 4.69) is 5.32 Å². The predicted octanol–water partition coefficient (Wildman–Crippen LogP) is 0.445. The van der Waals surface area contributed by atoms with E-state index in [9.17, 15) is 13.5 Å². The van der Waals surface area contributed by atoms with Crippen LogP contribution >= 0.6 is 0 Å². The van der Waals surface area contributed by atoms with E-state index in [4.69, 9.17) is 9.47 Å². The summed E-state index contributed by atoms with van der Waals surface area (Å²) in [7, 11) is -3.49. The summed E-state index contributed by atoms with van der Waals surface area (Å²) in [5, 5.41) is 12.9. The van der Waals surface area contributed by atoms with Crippen LogP contribution in [-0.4, -0.2) is 69.4 Å². The fourth-order valence-electron chi connectivity index (χ4n) is 2.27. The van der Waals surface area contributed by atoms with Crippen molar-refractivity contribution in [2.45, 2.75) is 30.9 Å². The van der Waals surface area contributed by atoms with Gasteiger partial charge in [-0.25, -0.2) is 8.42 Å². The van der Waals surface area contributed by atoms with Gasteiger partial charge in [0.05, 0.1) is 18.1 Å². The Bertz CT molecular complexity index is 597. The number of hydrogen-bond donors (Lipinski definition) is 2. The molecule has 0 spiro atoms. The van der Waals surface area contributed by atoms with Gasteiger partial charge in [-0.1, -0.05) is 13.8 Å². The average Bonchev–Trinajstić information content (AvgIpc) is 2.59. The third-order valence-electron chi connectivity index (χ3n) is 3.64. The molecule has 0 saturated carbocycles. The Hall–Kier alpha value is -1.19. The summed E-state index contributed by atoms with van der Waals surface area (Å²) in [6.45, 7) is 6.18. The van der Waals surface area contributed by atoms with Gasteiger partial charge in [0.25, 0.3) is 0 Å². The molecule has 8 heteroatoms. The van der Waals surface area contributed by atoms with Gasteiger partial charge in [0.2, 0.25) is 10.0 Å². The van der Waals surface area contributed by atoms with E-state index < -0.39 is 16.1 Å². The summed E-state index contributed by atoms with van der Waals surface area (Å²) in [6, 6.07) is 6.56. The molecule has 136 valence electrons. The number of ether oxygens (including phenoxy) is 2. The van der Waals surface area contributed by atoms with Gasteiger partial charge in [0.1, 0.15) is 18.5 Å². The SMILES string of the molecule is CC(C)NC[C@@H](O)COc1ccc(S(=O)(=O)N2CCOCC2)cc1. The maximum absolute atomic E-state index is 12.5. The highest BCUT2D eigenvalue weighted by molar-refractivity contribution is 7.89. The number of nitrogens with zero attached hydrogens (tertiary/aromatic N) is 1. The van der Waals surface area contributed by atoms with Crippen molar-refractivity contribution in [3.05, 3.63) is 24.3 Å². The van der Waals surface area contributed by atoms with E-state index >= 15 is 0 Å². The van der Waals surface area contributed by atoms with Crippen LogP contribution in [0.1, 0.15) is 13.8 Å². The highest BCUT2D eigenvalue weighted by atomic mass is 32.2. The van der Waals surface area contributed by atoms with E-state index in [0.29, 0.717) is 44.6 Å². The van der Waals surface area contributed by atoms with Crippen molar-refractivity contribution in [1.29, 1.82) is 0 Å². The van der Waals surface area contributed by atoms with Gasteiger partial charge in [0.15, 0.2) is 0 Å². The van der Waals surface area contributed by atoms with Crippen LogP contribution in [0.3, 0.4) is 0 Å². The first-order valence-electron chi connectivity index (χ1n) is 8.12. The standard InChI is InChI=1S/C16H26N2O5S/c1-13(2)17-11-14(19)12-23-15-3-5-16(6-4-15)24(20,21)18-7-9-22-10-8-18/h3-6,13-14,17,19H,7-12H2,1-2H3/t14-/m1/s1. The van der Waals surface area contributed by atoms with Crippen molar-refractivity contribution < 1.29 is 23.0 Å². The third kappa shape index (κ3) is 5.42. The van der Waals surface area contributed by atoms with Gasteiger partial charge in [-0.3, -0.25) is 0 Å². The van der Waals surface area contributed by atoms with E-state index in [1.807, 2.05) is 13.8 Å². The van der Waals surface area contributed by atoms with Crippen molar-refractivity contribution in [2.75, 3.05) is 39.5 Å². The molecule has 1 atom stereocenters. The maximum atomic E-state index is 12.5. The molecule has 0 aliphatic carbocycles. The van der Waals surface area contributed by atoms with Crippen LogP contribution < -0.4 is 10.1 Å². The second kappa shape index (κ2) is 8.77. The van der Waals surface area contributed by atoms with Crippen molar-refractivity contribution in [2.24, 2.45) is 0 Å². The van der Waals surface area contributed by atoms with Crippen molar-refractivity contribution in [1.82, 2.24) is 9.62 Å². The molecule has 2 N–H and O–H groups in total. The first kappa shape index (κ1) is 19.1. The molecular formula is C16H26N2O5S. The van der Waals surface area contributed by atoms with E-state index in [1.54, 1.807) is 12.1 Å². The molecule has 0 radical (unpaired) electrons. The molecule has 1 fully saturated rings. The minimum absolute atomic E-state index is 0.148. The van der Waals surface area contributed by atoms with Gasteiger partial charge in [-0.15, -0.1) is 0 Å². The Balaban J connectivity index is 1.90. The lowest BCUT2D eigenvalue weighted by Gasteiger charge is -2.26. The molecule has 24 heavy (non-hydrogen) atoms. The molecule has 0 aromatic heterocycles. The van der Waals surface area contributed by atoms with Gasteiger partial charge < -0.3 is 19.9 Å². The molecule has 1 aromatic rings. The first-order valence-corrected chi connectivity index (χ1v) is 9.56. The number of sulfonamides is 1. The first-order chi connectivity index (χ1) is 11.4. The molecule has 2 rings (SSSR count). The highest BCUT2D eigenvalue weighted by Crippen LogP contribution is 2.20. The molecule has 1 aliphatic heterocycles. The highest BCUT2D eigenvalue weighted by Gasteiger charge is 2.26. The summed E-state index contributed by atoms with van der Waals surface area (Å²) in [5.41, 5.74) is 0. The number of rotatable bonds is 8. The van der Waals surface area contributed by atoms with Crippen LogP contribution in [0.15, 0.2) is 29.2 Å². The quantitative estimate of drug-likeness (QED) is 0.701. The fraction of sp³-hybridized carbons (Fsp3) is 0.625. The molecule has 0 bridgehead atoms. The van der Waals surface area contributed by atoms with Crippen LogP contribution in [0, 0.1) is 0 Å². The van der Waals surface area contributed by atoms with E-state index in [1.165, 1.54) is 16.4 Å². The van der Waals surface area contributed by atoms with E-state index in [0.717, 1.165) is 0 Å². The normalized spacial score (nSPS) is 17.8. The Labute approximate surface area is 143 Å². The molecule has 1 heterocycles. The molecule has 0 amide bonds. The number of aliphatic hydroxyl groups excluding tert-OH is 1. The number of hydrogen-bond acceptors (Lipinski definition) is 6. The second-order valence-corrected chi connectivity index (χ2v) is 7.95. The summed E-state index contributed by atoms with van der Waals surface area (Å²) in [5.74, 6) is 0.527. The predicted molar refractivity (Wildman–Crippen MR) is 90.7 cm³/mol. The summed E-state index contributed by atoms with van der Waals surface area (Å²) in [6.07, 6.45) is -0.621. The smallest absolute Gasteiger partial charge is 0.243 e. The van der Waals surface area contributed by atoms with Crippen LogP contribution in [0.2, 0.25) is 0 Å². The molecule has 7 nitrogen and oxygen atoms in total. The average molecular weight is 358 g/mol. The van der Waals surface area contributed by atoms with Crippen LogP contribution in [0.5, 0.6) is 5.75 Å². The van der Waals surface area contributed by atoms with Crippen LogP contribution in [0.4, 0.5) is 0 Å². The number of benzene rings is 1. The lowest BCUT2D eigenvalue weighted by Crippen LogP contribution is -2.40. The molecule has 1 aromatic carbocycles. The largest absolute Gasteiger partial charge is 0.491 e. The van der Waals surface area contributed by atoms with Gasteiger partial charge in [0, 0.05) is 25.7 Å². The van der Waals surface area contributed by atoms with Crippen LogP contribution in [-0.2, 0) is 14.8 Å². The summed E-state index contributed by atoms with van der Waals surface area (Å²) in [4.78, 5) is 0.235. The number of aliphatic hydroxyl groups is 1. The Kier molecular flexibility index (Phi) is 7.00. The number of nitrogens with one attached hydrogen (secondary N) is 1. The Morgan fingerprint density at radius 1 is 1.25 bits per heavy atom. The van der Waals surface area contributed by atoms with Crippen molar-refractivity contribution >= 4 is 10.0 Å². The zero-order valence-electron chi connectivity index (χ0n) is 14.1. The Morgan fingerprint density at radius 3 is 2.46 bits per heavy atom. The Morgan fingerprint density at radius 2 is 1.88 bits per heavy atom. The topological polar surface area (TPSA) is 88.1 Å². The molecule has 1 saturated heterocycles. The van der Waals surface area contributed by atoms with Gasteiger partial charge in [-0.2, -0.15) is 4.31 Å². The lowest BCUT2D eigenvalue weighted by molar-refractivity contribution is 0.0730. The van der Waals surface area contributed by atoms with Crippen LogP contribution in [0.25, 0.3) is 0 Å². The van der Waals surface area contributed by atoms with Gasteiger partial charge >= 0.3 is 0 Å². The molecule has 1 aliphatic rings. The maximum Gasteiger partial charge on any atom is 0.243 e. The lowest BCUT2D eigenvalue weighted by atomic mass is 10.3. The second-order valence-electron chi connectivity index (χ2n) is 6.02. The zero-order chi connectivity index (χ0) is 17.6. The minimum Gasteiger partial charge on any atom is -0.491 e. The van der Waals surface area contributed by atoms with Crippen molar-refractivity contribution in [3.63, 3.8) is 0 Å². The van der Waals surface area contributed by atoms with Crippen molar-refractivity contribution in [3.8, 4) is 5.75 Å². The third-order valence-corrected chi connectivity index (χ3v) is 5.55. The minimum atomic E-state index is -3.49. The van der Waals surface area contributed by atoms with E-state index in [-0.39, 0.29) is 11.5 Å². The zero-order valence-corrected chi connectivity index (χ0v) is 15.0.